The summed E-state index contributed by atoms with van der Waals surface area (Å²) in [7, 11) is 1.32. The summed E-state index contributed by atoms with van der Waals surface area (Å²) in [5.41, 5.74) is 7.31. The minimum Gasteiger partial charge on any atom is -0.465 e. The van der Waals surface area contributed by atoms with Crippen molar-refractivity contribution in [2.24, 2.45) is 0 Å². The van der Waals surface area contributed by atoms with Crippen LogP contribution in [0.2, 0.25) is 0 Å². The third-order valence-electron chi connectivity index (χ3n) is 2.87. The monoisotopic (exact) mass is 252 g/mol. The molecule has 0 unspecified atom stereocenters. The second-order valence-corrected chi connectivity index (χ2v) is 4.15. The van der Waals surface area contributed by atoms with Gasteiger partial charge in [0.2, 0.25) is 0 Å². The van der Waals surface area contributed by atoms with Crippen molar-refractivity contribution in [2.45, 2.75) is 12.1 Å². The first-order valence-electron chi connectivity index (χ1n) is 5.62. The highest BCUT2D eigenvalue weighted by Crippen LogP contribution is 2.23. The maximum Gasteiger partial charge on any atom is 0.337 e. The molecule has 2 atom stereocenters. The van der Waals surface area contributed by atoms with Crippen LogP contribution in [-0.4, -0.2) is 43.5 Å². The number of nitrogen functional groups attached to an aromatic ring is 1. The summed E-state index contributed by atoms with van der Waals surface area (Å²) < 4.78 is 9.78. The summed E-state index contributed by atoms with van der Waals surface area (Å²) in [6.07, 6.45) is -0.578. The third-order valence-corrected chi connectivity index (χ3v) is 2.87. The average Bonchev–Trinajstić information content (AvgIpc) is 2.77. The van der Waals surface area contributed by atoms with Gasteiger partial charge in [-0.2, -0.15) is 0 Å². The zero-order chi connectivity index (χ0) is 13.1. The Morgan fingerprint density at radius 2 is 2.33 bits per heavy atom. The van der Waals surface area contributed by atoms with E-state index < -0.39 is 12.1 Å². The lowest BCUT2D eigenvalue weighted by Crippen LogP contribution is -2.32. The zero-order valence-corrected chi connectivity index (χ0v) is 10.1. The standard InChI is InChI=1S/C12H16N2O4/c1-17-12(16)7-2-3-8(13)9(4-7)14-10-5-18-6-11(10)15/h2-4,10-11,14-15H,5-6,13H2,1H3/t10-,11+/m0/s1. The maximum absolute atomic E-state index is 11.4. The topological polar surface area (TPSA) is 93.8 Å². The fourth-order valence-electron chi connectivity index (χ4n) is 1.81. The van der Waals surface area contributed by atoms with Crippen LogP contribution in [0.1, 0.15) is 10.4 Å². The normalized spacial score (nSPS) is 22.8. The molecule has 1 aromatic rings. The lowest BCUT2D eigenvalue weighted by atomic mass is 10.1. The number of nitrogens with two attached hydrogens (primary N) is 1. The number of rotatable bonds is 3. The number of aliphatic hydroxyl groups excluding tert-OH is 1. The number of aliphatic hydroxyl groups is 1. The Morgan fingerprint density at radius 3 is 2.94 bits per heavy atom. The Labute approximate surface area is 105 Å². The molecule has 1 saturated heterocycles. The second kappa shape index (κ2) is 5.24. The van der Waals surface area contributed by atoms with Crippen LogP contribution in [0.5, 0.6) is 0 Å². The van der Waals surface area contributed by atoms with Crippen molar-refractivity contribution in [1.82, 2.24) is 0 Å². The summed E-state index contributed by atoms with van der Waals surface area (Å²) in [6.45, 7) is 0.706. The molecule has 6 nitrogen and oxygen atoms in total. The molecule has 0 saturated carbocycles. The van der Waals surface area contributed by atoms with Gasteiger partial charge in [-0.1, -0.05) is 0 Å². The van der Waals surface area contributed by atoms with E-state index in [1.165, 1.54) is 7.11 Å². The summed E-state index contributed by atoms with van der Waals surface area (Å²) in [4.78, 5) is 11.4. The van der Waals surface area contributed by atoms with Crippen LogP contribution in [0, 0.1) is 0 Å². The molecule has 1 heterocycles. The zero-order valence-electron chi connectivity index (χ0n) is 10.1. The van der Waals surface area contributed by atoms with Gasteiger partial charge in [0.25, 0.3) is 0 Å². The maximum atomic E-state index is 11.4. The van der Waals surface area contributed by atoms with Gasteiger partial charge in [-0.25, -0.2) is 4.79 Å². The van der Waals surface area contributed by atoms with Gasteiger partial charge in [-0.3, -0.25) is 0 Å². The summed E-state index contributed by atoms with van der Waals surface area (Å²) in [6, 6.07) is 4.59. The van der Waals surface area contributed by atoms with E-state index in [4.69, 9.17) is 10.5 Å². The number of esters is 1. The van der Waals surface area contributed by atoms with E-state index in [9.17, 15) is 9.90 Å². The summed E-state index contributed by atoms with van der Waals surface area (Å²) in [5, 5.41) is 12.7. The Hall–Kier alpha value is -1.79. The number of hydrogen-bond donors (Lipinski definition) is 3. The molecule has 0 bridgehead atoms. The van der Waals surface area contributed by atoms with E-state index in [-0.39, 0.29) is 6.04 Å². The highest BCUT2D eigenvalue weighted by atomic mass is 16.5. The van der Waals surface area contributed by atoms with E-state index in [0.29, 0.717) is 30.2 Å². The molecule has 0 radical (unpaired) electrons. The number of carbonyl (C=O) groups excluding carboxylic acids is 1. The smallest absolute Gasteiger partial charge is 0.337 e. The third kappa shape index (κ3) is 2.55. The quantitative estimate of drug-likeness (QED) is 0.526. The van der Waals surface area contributed by atoms with Gasteiger partial charge >= 0.3 is 5.97 Å². The predicted octanol–water partition coefficient (Wildman–Crippen LogP) is 0.227. The fraction of sp³-hybridized carbons (Fsp3) is 0.417. The molecule has 1 fully saturated rings. The highest BCUT2D eigenvalue weighted by molar-refractivity contribution is 5.92. The van der Waals surface area contributed by atoms with Gasteiger partial charge in [0.15, 0.2) is 0 Å². The van der Waals surface area contributed by atoms with Gasteiger partial charge < -0.3 is 25.6 Å². The molecule has 0 aromatic heterocycles. The number of carbonyl (C=O) groups is 1. The molecule has 1 aliphatic heterocycles. The van der Waals surface area contributed by atoms with Gasteiger partial charge in [-0.05, 0) is 18.2 Å². The molecule has 18 heavy (non-hydrogen) atoms. The van der Waals surface area contributed by atoms with Crippen LogP contribution in [0.25, 0.3) is 0 Å². The number of hydrogen-bond acceptors (Lipinski definition) is 6. The van der Waals surface area contributed by atoms with Crippen LogP contribution < -0.4 is 11.1 Å². The van der Waals surface area contributed by atoms with Crippen molar-refractivity contribution >= 4 is 17.3 Å². The summed E-state index contributed by atoms with van der Waals surface area (Å²) >= 11 is 0. The van der Waals surface area contributed by atoms with Gasteiger partial charge in [-0.15, -0.1) is 0 Å². The van der Waals surface area contributed by atoms with Crippen molar-refractivity contribution < 1.29 is 19.4 Å². The number of anilines is 2. The van der Waals surface area contributed by atoms with E-state index in [2.05, 4.69) is 10.1 Å². The Balaban J connectivity index is 2.18. The van der Waals surface area contributed by atoms with Crippen molar-refractivity contribution in [2.75, 3.05) is 31.4 Å². The first-order valence-corrected chi connectivity index (χ1v) is 5.62. The van der Waals surface area contributed by atoms with Crippen LogP contribution in [0.15, 0.2) is 18.2 Å². The van der Waals surface area contributed by atoms with Gasteiger partial charge in [0.05, 0.1) is 49.4 Å². The van der Waals surface area contributed by atoms with Crippen molar-refractivity contribution in [3.8, 4) is 0 Å². The number of benzene rings is 1. The van der Waals surface area contributed by atoms with Crippen molar-refractivity contribution in [1.29, 1.82) is 0 Å². The Bertz CT molecular complexity index is 450. The van der Waals surface area contributed by atoms with E-state index in [0.717, 1.165) is 0 Å². The Kier molecular flexibility index (Phi) is 3.69. The average molecular weight is 252 g/mol. The minimum atomic E-state index is -0.578. The first kappa shape index (κ1) is 12.7. The Morgan fingerprint density at radius 1 is 1.56 bits per heavy atom. The molecule has 1 aromatic carbocycles. The molecule has 0 aliphatic carbocycles. The number of ether oxygens (including phenoxy) is 2. The molecule has 2 rings (SSSR count). The summed E-state index contributed by atoms with van der Waals surface area (Å²) in [5.74, 6) is -0.429. The largest absolute Gasteiger partial charge is 0.465 e. The molecule has 4 N–H and O–H groups in total. The molecule has 6 heteroatoms. The minimum absolute atomic E-state index is 0.222. The lowest BCUT2D eigenvalue weighted by molar-refractivity contribution is 0.0601. The predicted molar refractivity (Wildman–Crippen MR) is 66.4 cm³/mol. The molecular formula is C12H16N2O4. The van der Waals surface area contributed by atoms with Crippen molar-refractivity contribution in [3.05, 3.63) is 23.8 Å². The highest BCUT2D eigenvalue weighted by Gasteiger charge is 2.26. The van der Waals surface area contributed by atoms with Crippen LogP contribution in [0.4, 0.5) is 11.4 Å². The van der Waals surface area contributed by atoms with E-state index >= 15 is 0 Å². The second-order valence-electron chi connectivity index (χ2n) is 4.15. The SMILES string of the molecule is COC(=O)c1ccc(N)c(N[C@H]2COC[C@H]2O)c1. The molecule has 98 valence electrons. The van der Waals surface area contributed by atoms with Crippen LogP contribution in [-0.2, 0) is 9.47 Å². The molecule has 1 aliphatic rings. The number of nitrogens with one attached hydrogen (secondary N) is 1. The van der Waals surface area contributed by atoms with Crippen LogP contribution in [0.3, 0.4) is 0 Å². The van der Waals surface area contributed by atoms with E-state index in [1.54, 1.807) is 18.2 Å². The van der Waals surface area contributed by atoms with E-state index in [1.807, 2.05) is 0 Å². The van der Waals surface area contributed by atoms with Crippen LogP contribution >= 0.6 is 0 Å². The van der Waals surface area contributed by atoms with Crippen molar-refractivity contribution in [3.63, 3.8) is 0 Å². The lowest BCUT2D eigenvalue weighted by Gasteiger charge is -2.18. The molecule has 0 amide bonds. The first-order chi connectivity index (χ1) is 8.61. The molecule has 0 spiro atoms. The van der Waals surface area contributed by atoms with Gasteiger partial charge in [0, 0.05) is 0 Å². The molecular weight excluding hydrogens is 236 g/mol. The van der Waals surface area contributed by atoms with Gasteiger partial charge in [0.1, 0.15) is 0 Å². The fourth-order valence-corrected chi connectivity index (χ4v) is 1.81. The number of methoxy groups -OCH3 is 1.